The van der Waals surface area contributed by atoms with Crippen LogP contribution in [0.4, 0.5) is 0 Å². The second kappa shape index (κ2) is 5.19. The van der Waals surface area contributed by atoms with Crippen LogP contribution >= 0.6 is 0 Å². The molecule has 0 saturated carbocycles. The van der Waals surface area contributed by atoms with E-state index < -0.39 is 5.97 Å². The van der Waals surface area contributed by atoms with Crippen LogP contribution in [0.2, 0.25) is 0 Å². The van der Waals surface area contributed by atoms with Crippen LogP contribution in [0.25, 0.3) is 0 Å². The van der Waals surface area contributed by atoms with Gasteiger partial charge in [-0.1, -0.05) is 0 Å². The lowest BCUT2D eigenvalue weighted by Crippen LogP contribution is -2.45. The number of aliphatic carboxylic acids is 1. The van der Waals surface area contributed by atoms with Gasteiger partial charge in [0, 0.05) is 25.2 Å². The molecule has 4 nitrogen and oxygen atoms in total. The van der Waals surface area contributed by atoms with Crippen molar-refractivity contribution in [3.8, 4) is 0 Å². The van der Waals surface area contributed by atoms with Crippen molar-refractivity contribution in [3.05, 3.63) is 0 Å². The second-order valence-electron chi connectivity index (χ2n) is 4.09. The number of carbonyl (C=O) groups is 1. The van der Waals surface area contributed by atoms with Crippen LogP contribution in [0, 0.1) is 0 Å². The van der Waals surface area contributed by atoms with E-state index in [0.717, 1.165) is 6.54 Å². The molecule has 13 heavy (non-hydrogen) atoms. The molecule has 0 fully saturated rings. The molecule has 0 aliphatic heterocycles. The first-order valence-corrected chi connectivity index (χ1v) is 4.55. The highest BCUT2D eigenvalue weighted by Gasteiger charge is 2.20. The van der Waals surface area contributed by atoms with Crippen LogP contribution in [0.5, 0.6) is 0 Å². The maximum absolute atomic E-state index is 10.4. The minimum absolute atomic E-state index is 0.00514. The van der Waals surface area contributed by atoms with Gasteiger partial charge in [0.05, 0.1) is 6.42 Å². The van der Waals surface area contributed by atoms with E-state index >= 15 is 0 Å². The summed E-state index contributed by atoms with van der Waals surface area (Å²) in [5.41, 5.74) is 5.44. The van der Waals surface area contributed by atoms with Gasteiger partial charge in [-0.3, -0.25) is 9.69 Å². The monoisotopic (exact) mass is 188 g/mol. The molecule has 0 aliphatic carbocycles. The van der Waals surface area contributed by atoms with Crippen molar-refractivity contribution in [1.29, 1.82) is 0 Å². The van der Waals surface area contributed by atoms with Gasteiger partial charge in [0.25, 0.3) is 0 Å². The molecule has 0 amide bonds. The normalized spacial score (nSPS) is 12.1. The fourth-order valence-corrected chi connectivity index (χ4v) is 1.17. The van der Waals surface area contributed by atoms with Crippen LogP contribution in [-0.2, 0) is 4.79 Å². The highest BCUT2D eigenvalue weighted by molar-refractivity contribution is 5.66. The molecular weight excluding hydrogens is 168 g/mol. The Kier molecular flexibility index (Phi) is 4.95. The van der Waals surface area contributed by atoms with Gasteiger partial charge in [-0.15, -0.1) is 0 Å². The summed E-state index contributed by atoms with van der Waals surface area (Å²) in [5.74, 6) is -0.758. The molecule has 0 unspecified atom stereocenters. The van der Waals surface area contributed by atoms with E-state index in [0.29, 0.717) is 13.1 Å². The number of hydrogen-bond donors (Lipinski definition) is 2. The van der Waals surface area contributed by atoms with Gasteiger partial charge in [-0.2, -0.15) is 0 Å². The Bertz CT molecular complexity index is 163. The van der Waals surface area contributed by atoms with Crippen molar-refractivity contribution < 1.29 is 9.90 Å². The van der Waals surface area contributed by atoms with Gasteiger partial charge in [-0.25, -0.2) is 0 Å². The Balaban J connectivity index is 4.02. The molecule has 0 radical (unpaired) electrons. The summed E-state index contributed by atoms with van der Waals surface area (Å²) in [7, 11) is 0. The molecule has 0 rings (SSSR count). The van der Waals surface area contributed by atoms with Crippen molar-refractivity contribution in [2.45, 2.75) is 32.7 Å². The zero-order chi connectivity index (χ0) is 10.5. The number of rotatable bonds is 5. The minimum Gasteiger partial charge on any atom is -0.481 e. The van der Waals surface area contributed by atoms with Crippen LogP contribution in [-0.4, -0.2) is 41.1 Å². The van der Waals surface area contributed by atoms with Gasteiger partial charge < -0.3 is 10.8 Å². The molecule has 3 N–H and O–H groups in total. The molecular formula is C9H20N2O2. The Labute approximate surface area is 79.7 Å². The summed E-state index contributed by atoms with van der Waals surface area (Å²) in [6.07, 6.45) is 0.178. The van der Waals surface area contributed by atoms with E-state index in [4.69, 9.17) is 10.8 Å². The van der Waals surface area contributed by atoms with Gasteiger partial charge in [0.15, 0.2) is 0 Å². The van der Waals surface area contributed by atoms with Gasteiger partial charge in [0.1, 0.15) is 0 Å². The average molecular weight is 188 g/mol. The predicted octanol–water partition coefficient (Wildman–Crippen LogP) is 0.520. The lowest BCUT2D eigenvalue weighted by atomic mass is 10.1. The van der Waals surface area contributed by atoms with Crippen LogP contribution in [0.1, 0.15) is 27.2 Å². The van der Waals surface area contributed by atoms with Crippen molar-refractivity contribution >= 4 is 5.97 Å². The number of nitrogens with two attached hydrogens (primary N) is 1. The zero-order valence-electron chi connectivity index (χ0n) is 8.71. The topological polar surface area (TPSA) is 66.6 Å². The largest absolute Gasteiger partial charge is 0.481 e. The smallest absolute Gasteiger partial charge is 0.304 e. The van der Waals surface area contributed by atoms with Crippen LogP contribution in [0.3, 0.4) is 0 Å². The van der Waals surface area contributed by atoms with Crippen LogP contribution < -0.4 is 5.73 Å². The molecule has 0 aromatic carbocycles. The third kappa shape index (κ3) is 5.60. The molecule has 4 heteroatoms. The second-order valence-corrected chi connectivity index (χ2v) is 4.09. The standard InChI is InChI=1S/C9H20N2O2/c1-9(2,3)11(7-5-10)6-4-8(12)13/h4-7,10H2,1-3H3,(H,12,13). The third-order valence-corrected chi connectivity index (χ3v) is 1.94. The summed E-state index contributed by atoms with van der Waals surface area (Å²) in [6.45, 7) is 8.06. The van der Waals surface area contributed by atoms with E-state index in [1.165, 1.54) is 0 Å². The van der Waals surface area contributed by atoms with Crippen molar-refractivity contribution in [1.82, 2.24) is 4.90 Å². The first-order valence-electron chi connectivity index (χ1n) is 4.55. The molecule has 0 atom stereocenters. The first kappa shape index (κ1) is 12.4. The van der Waals surface area contributed by atoms with E-state index in [-0.39, 0.29) is 12.0 Å². The van der Waals surface area contributed by atoms with E-state index in [1.54, 1.807) is 0 Å². The maximum atomic E-state index is 10.4. The molecule has 0 aromatic rings. The molecule has 0 spiro atoms. The third-order valence-electron chi connectivity index (χ3n) is 1.94. The molecule has 0 heterocycles. The van der Waals surface area contributed by atoms with Gasteiger partial charge in [-0.05, 0) is 20.8 Å². The molecule has 0 aliphatic rings. The quantitative estimate of drug-likeness (QED) is 0.660. The summed E-state index contributed by atoms with van der Waals surface area (Å²) in [4.78, 5) is 12.5. The fourth-order valence-electron chi connectivity index (χ4n) is 1.17. The molecule has 0 bridgehead atoms. The lowest BCUT2D eigenvalue weighted by molar-refractivity contribution is -0.137. The highest BCUT2D eigenvalue weighted by atomic mass is 16.4. The van der Waals surface area contributed by atoms with Gasteiger partial charge >= 0.3 is 5.97 Å². The predicted molar refractivity (Wildman–Crippen MR) is 52.6 cm³/mol. The average Bonchev–Trinajstić information content (AvgIpc) is 1.95. The number of hydrogen-bond acceptors (Lipinski definition) is 3. The Morgan fingerprint density at radius 3 is 2.23 bits per heavy atom. The SMILES string of the molecule is CC(C)(C)N(CCN)CCC(=O)O. The summed E-state index contributed by atoms with van der Waals surface area (Å²) >= 11 is 0. The van der Waals surface area contributed by atoms with Crippen molar-refractivity contribution in [2.75, 3.05) is 19.6 Å². The van der Waals surface area contributed by atoms with E-state index in [2.05, 4.69) is 25.7 Å². The minimum atomic E-state index is -0.758. The Morgan fingerprint density at radius 1 is 1.38 bits per heavy atom. The molecule has 78 valence electrons. The number of carboxylic acid groups (broad SMARTS) is 1. The Morgan fingerprint density at radius 2 is 1.92 bits per heavy atom. The summed E-state index contributed by atoms with van der Waals surface area (Å²) < 4.78 is 0. The lowest BCUT2D eigenvalue weighted by Gasteiger charge is -2.34. The van der Waals surface area contributed by atoms with Gasteiger partial charge in [0.2, 0.25) is 0 Å². The number of nitrogens with zero attached hydrogens (tertiary/aromatic N) is 1. The fraction of sp³-hybridized carbons (Fsp3) is 0.889. The van der Waals surface area contributed by atoms with Crippen LogP contribution in [0.15, 0.2) is 0 Å². The van der Waals surface area contributed by atoms with Crippen molar-refractivity contribution in [3.63, 3.8) is 0 Å². The van der Waals surface area contributed by atoms with Crippen molar-refractivity contribution in [2.24, 2.45) is 5.73 Å². The van der Waals surface area contributed by atoms with E-state index in [1.807, 2.05) is 0 Å². The molecule has 0 saturated heterocycles. The summed E-state index contributed by atoms with van der Waals surface area (Å²) in [5, 5.41) is 8.54. The zero-order valence-corrected chi connectivity index (χ0v) is 8.71. The first-order chi connectivity index (χ1) is 5.88. The maximum Gasteiger partial charge on any atom is 0.304 e. The number of carboxylic acids is 1. The summed E-state index contributed by atoms with van der Waals surface area (Å²) in [6, 6.07) is 0. The molecule has 0 aromatic heterocycles. The Hall–Kier alpha value is -0.610. The van der Waals surface area contributed by atoms with E-state index in [9.17, 15) is 4.79 Å². The highest BCUT2D eigenvalue weighted by Crippen LogP contribution is 2.12.